The highest BCUT2D eigenvalue weighted by Gasteiger charge is 2.13. The number of hydrogen-bond acceptors (Lipinski definition) is 5. The molecule has 9 heteroatoms. The molecule has 0 amide bonds. The molecule has 0 bridgehead atoms. The van der Waals surface area contributed by atoms with Gasteiger partial charge in [-0.25, -0.2) is 9.78 Å². The number of nitriles is 1. The predicted molar refractivity (Wildman–Crippen MR) is 128 cm³/mol. The molecular formula is C24H15BrClN3O4. The zero-order valence-corrected chi connectivity index (χ0v) is 19.3. The number of carboxylic acid groups (broad SMARTS) is 1. The molecule has 0 aliphatic heterocycles. The van der Waals surface area contributed by atoms with Crippen molar-refractivity contribution in [2.45, 2.75) is 6.54 Å². The molecule has 4 rings (SSSR count). The van der Waals surface area contributed by atoms with Crippen LogP contribution in [0.15, 0.2) is 70.2 Å². The smallest absolute Gasteiger partial charge is 0.335 e. The van der Waals surface area contributed by atoms with Crippen molar-refractivity contribution in [1.82, 2.24) is 9.55 Å². The summed E-state index contributed by atoms with van der Waals surface area (Å²) in [6.07, 6.45) is 1.42. The second kappa shape index (κ2) is 9.45. The quantitative estimate of drug-likeness (QED) is 0.375. The Kier molecular flexibility index (Phi) is 6.45. The van der Waals surface area contributed by atoms with Gasteiger partial charge < -0.3 is 9.84 Å². The van der Waals surface area contributed by atoms with E-state index in [9.17, 15) is 20.0 Å². The van der Waals surface area contributed by atoms with Gasteiger partial charge in [0.15, 0.2) is 0 Å². The van der Waals surface area contributed by atoms with Crippen LogP contribution in [-0.4, -0.2) is 27.2 Å². The zero-order chi connectivity index (χ0) is 23.5. The van der Waals surface area contributed by atoms with Gasteiger partial charge in [-0.05, 0) is 48.0 Å². The van der Waals surface area contributed by atoms with Crippen LogP contribution in [0.4, 0.5) is 0 Å². The number of hydrogen-bond donors (Lipinski definition) is 1. The van der Waals surface area contributed by atoms with E-state index in [-0.39, 0.29) is 35.2 Å². The number of nitrogens with zero attached hydrogens (tertiary/aromatic N) is 3. The number of ether oxygens (including phenoxy) is 1. The molecule has 0 radical (unpaired) electrons. The Morgan fingerprint density at radius 1 is 1.21 bits per heavy atom. The largest absolute Gasteiger partial charge is 0.491 e. The Morgan fingerprint density at radius 2 is 2.03 bits per heavy atom. The SMILES string of the molecule is N#Cc1cc(Br)cc2ncn(CCOc3ccc(Cl)cc3-c3cccc(C(=O)O)c3)c(=O)c12. The van der Waals surface area contributed by atoms with E-state index in [4.69, 9.17) is 16.3 Å². The Bertz CT molecular complexity index is 1490. The number of halogens is 2. The van der Waals surface area contributed by atoms with Crippen molar-refractivity contribution in [3.63, 3.8) is 0 Å². The fourth-order valence-electron chi connectivity index (χ4n) is 3.42. The standard InChI is InChI=1S/C24H15BrClN3O4/c25-17-9-16(12-27)22-20(10-17)28-13-29(23(22)30)6-7-33-21-5-4-18(26)11-19(21)14-2-1-3-15(8-14)24(31)32/h1-5,8-11,13H,6-7H2,(H,31,32). The zero-order valence-electron chi connectivity index (χ0n) is 17.0. The van der Waals surface area contributed by atoms with E-state index >= 15 is 0 Å². The third-order valence-corrected chi connectivity index (χ3v) is 5.66. The lowest BCUT2D eigenvalue weighted by molar-refractivity contribution is 0.0697. The molecule has 0 aliphatic carbocycles. The van der Waals surface area contributed by atoms with Gasteiger partial charge in [-0.3, -0.25) is 9.36 Å². The highest BCUT2D eigenvalue weighted by molar-refractivity contribution is 9.10. The van der Waals surface area contributed by atoms with Crippen molar-refractivity contribution in [2.75, 3.05) is 6.61 Å². The average molecular weight is 525 g/mol. The first-order valence-corrected chi connectivity index (χ1v) is 10.9. The average Bonchev–Trinajstić information content (AvgIpc) is 2.80. The minimum absolute atomic E-state index is 0.138. The summed E-state index contributed by atoms with van der Waals surface area (Å²) in [5.41, 5.74) is 1.75. The lowest BCUT2D eigenvalue weighted by Crippen LogP contribution is -2.24. The van der Waals surface area contributed by atoms with Gasteiger partial charge in [0.25, 0.3) is 5.56 Å². The van der Waals surface area contributed by atoms with Gasteiger partial charge in [0.05, 0.1) is 34.9 Å². The molecule has 1 aromatic heterocycles. The van der Waals surface area contributed by atoms with Gasteiger partial charge in [-0.2, -0.15) is 5.26 Å². The highest BCUT2D eigenvalue weighted by atomic mass is 79.9. The third-order valence-electron chi connectivity index (χ3n) is 4.97. The van der Waals surface area contributed by atoms with Crippen LogP contribution in [-0.2, 0) is 6.54 Å². The summed E-state index contributed by atoms with van der Waals surface area (Å²) in [4.78, 5) is 28.6. The number of rotatable bonds is 6. The summed E-state index contributed by atoms with van der Waals surface area (Å²) in [5, 5.41) is 19.4. The maximum atomic E-state index is 12.9. The molecule has 1 N–H and O–H groups in total. The molecule has 0 atom stereocenters. The molecule has 0 unspecified atom stereocenters. The van der Waals surface area contributed by atoms with Gasteiger partial charge in [0.2, 0.25) is 0 Å². The number of fused-ring (bicyclic) bond motifs is 1. The second-order valence-corrected chi connectivity index (χ2v) is 8.43. The molecule has 4 aromatic rings. The second-order valence-electron chi connectivity index (χ2n) is 7.08. The van der Waals surface area contributed by atoms with E-state index in [1.165, 1.54) is 17.0 Å². The number of carbonyl (C=O) groups is 1. The van der Waals surface area contributed by atoms with Crippen molar-refractivity contribution in [3.05, 3.63) is 91.9 Å². The van der Waals surface area contributed by atoms with Crippen LogP contribution < -0.4 is 10.3 Å². The number of aromatic carboxylic acids is 1. The topological polar surface area (TPSA) is 105 Å². The van der Waals surface area contributed by atoms with E-state index < -0.39 is 5.97 Å². The maximum absolute atomic E-state index is 12.9. The summed E-state index contributed by atoms with van der Waals surface area (Å²) < 4.78 is 7.98. The van der Waals surface area contributed by atoms with Crippen molar-refractivity contribution >= 4 is 44.4 Å². The molecule has 0 spiro atoms. The Hall–Kier alpha value is -3.67. The molecule has 0 fully saturated rings. The van der Waals surface area contributed by atoms with Gasteiger partial charge in [-0.15, -0.1) is 0 Å². The molecule has 0 aliphatic rings. The fraction of sp³-hybridized carbons (Fsp3) is 0.0833. The van der Waals surface area contributed by atoms with E-state index in [2.05, 4.69) is 20.9 Å². The van der Waals surface area contributed by atoms with Crippen molar-refractivity contribution in [3.8, 4) is 22.9 Å². The van der Waals surface area contributed by atoms with Crippen molar-refractivity contribution in [1.29, 1.82) is 5.26 Å². The Morgan fingerprint density at radius 3 is 2.79 bits per heavy atom. The van der Waals surface area contributed by atoms with E-state index in [0.717, 1.165) is 0 Å². The Labute approximate surface area is 201 Å². The minimum atomic E-state index is -1.03. The predicted octanol–water partition coefficient (Wildman–Crippen LogP) is 5.13. The molecule has 33 heavy (non-hydrogen) atoms. The first-order valence-electron chi connectivity index (χ1n) is 9.72. The summed E-state index contributed by atoms with van der Waals surface area (Å²) in [7, 11) is 0. The number of benzene rings is 3. The van der Waals surface area contributed by atoms with Crippen LogP contribution >= 0.6 is 27.5 Å². The normalized spacial score (nSPS) is 10.7. The van der Waals surface area contributed by atoms with Gasteiger partial charge in [0, 0.05) is 15.1 Å². The van der Waals surface area contributed by atoms with Gasteiger partial charge >= 0.3 is 5.97 Å². The molecule has 1 heterocycles. The molecule has 0 saturated carbocycles. The van der Waals surface area contributed by atoms with E-state index in [0.29, 0.717) is 31.9 Å². The molecule has 3 aromatic carbocycles. The van der Waals surface area contributed by atoms with E-state index in [1.807, 2.05) is 6.07 Å². The van der Waals surface area contributed by atoms with Gasteiger partial charge in [0.1, 0.15) is 18.4 Å². The van der Waals surface area contributed by atoms with Gasteiger partial charge in [-0.1, -0.05) is 39.7 Å². The van der Waals surface area contributed by atoms with Crippen molar-refractivity contribution < 1.29 is 14.6 Å². The summed E-state index contributed by atoms with van der Waals surface area (Å²) in [6, 6.07) is 16.8. The lowest BCUT2D eigenvalue weighted by atomic mass is 10.0. The van der Waals surface area contributed by atoms with Crippen LogP contribution in [0.5, 0.6) is 5.75 Å². The fourth-order valence-corrected chi connectivity index (χ4v) is 4.04. The number of aromatic nitrogens is 2. The van der Waals surface area contributed by atoms with E-state index in [1.54, 1.807) is 48.5 Å². The first kappa shape index (κ1) is 22.5. The molecule has 164 valence electrons. The maximum Gasteiger partial charge on any atom is 0.335 e. The van der Waals surface area contributed by atoms with Crippen LogP contribution in [0.2, 0.25) is 5.02 Å². The monoisotopic (exact) mass is 523 g/mol. The van der Waals surface area contributed by atoms with Crippen LogP contribution in [0, 0.1) is 11.3 Å². The van der Waals surface area contributed by atoms with Crippen LogP contribution in [0.25, 0.3) is 22.0 Å². The molecule has 0 saturated heterocycles. The minimum Gasteiger partial charge on any atom is -0.491 e. The molecular weight excluding hydrogens is 510 g/mol. The Balaban J connectivity index is 1.61. The third kappa shape index (κ3) is 4.75. The lowest BCUT2D eigenvalue weighted by Gasteiger charge is -2.14. The summed E-state index contributed by atoms with van der Waals surface area (Å²) in [5.74, 6) is -0.543. The van der Waals surface area contributed by atoms with Crippen LogP contribution in [0.1, 0.15) is 15.9 Å². The van der Waals surface area contributed by atoms with Crippen LogP contribution in [0.3, 0.4) is 0 Å². The summed E-state index contributed by atoms with van der Waals surface area (Å²) >= 11 is 9.48. The molecule has 7 nitrogen and oxygen atoms in total. The highest BCUT2D eigenvalue weighted by Crippen LogP contribution is 2.33. The number of carboxylic acids is 1. The summed E-state index contributed by atoms with van der Waals surface area (Å²) in [6.45, 7) is 0.332. The van der Waals surface area contributed by atoms with Crippen molar-refractivity contribution in [2.24, 2.45) is 0 Å². The first-order chi connectivity index (χ1) is 15.9.